The Kier molecular flexibility index (Phi) is 4.70. The quantitative estimate of drug-likeness (QED) is 0.520. The zero-order chi connectivity index (χ0) is 17.8. The van der Waals surface area contributed by atoms with Gasteiger partial charge in [0.1, 0.15) is 5.82 Å². The van der Waals surface area contributed by atoms with Gasteiger partial charge in [0.15, 0.2) is 17.3 Å². The van der Waals surface area contributed by atoms with Crippen LogP contribution in [0.2, 0.25) is 0 Å². The average molecular weight is 340 g/mol. The van der Waals surface area contributed by atoms with E-state index in [1.807, 2.05) is 0 Å². The summed E-state index contributed by atoms with van der Waals surface area (Å²) < 4.78 is 34.2. The maximum atomic E-state index is 14.2. The second kappa shape index (κ2) is 7.09. The molecule has 126 valence electrons. The molecule has 4 nitrogen and oxygen atoms in total. The number of ether oxygens (including phenoxy) is 1. The lowest BCUT2D eigenvalue weighted by Gasteiger charge is -2.05. The molecule has 0 amide bonds. The summed E-state index contributed by atoms with van der Waals surface area (Å²) in [6, 6.07) is 8.54. The molecule has 0 N–H and O–H groups in total. The minimum absolute atomic E-state index is 0.0673. The maximum Gasteiger partial charge on any atom is 0.185 e. The van der Waals surface area contributed by atoms with Crippen molar-refractivity contribution in [1.29, 1.82) is 0 Å². The molecule has 1 aromatic heterocycles. The number of ketones is 1. The number of hydrogen-bond acceptors (Lipinski definition) is 3. The van der Waals surface area contributed by atoms with Crippen molar-refractivity contribution >= 4 is 11.9 Å². The van der Waals surface area contributed by atoms with E-state index in [9.17, 15) is 13.6 Å². The van der Waals surface area contributed by atoms with Crippen LogP contribution in [0.1, 0.15) is 15.9 Å². The van der Waals surface area contributed by atoms with E-state index >= 15 is 0 Å². The molecular weight excluding hydrogens is 326 g/mol. The number of carbonyl (C=O) groups is 1. The Balaban J connectivity index is 1.78. The number of allylic oxidation sites excluding steroid dienone is 1. The highest BCUT2D eigenvalue weighted by Gasteiger charge is 2.08. The number of hydrogen-bond donors (Lipinski definition) is 0. The number of nitrogens with zero attached hydrogens (tertiary/aromatic N) is 2. The number of halogens is 2. The number of carbonyl (C=O) groups excluding carboxylic acids is 1. The first-order valence-corrected chi connectivity index (χ1v) is 7.42. The van der Waals surface area contributed by atoms with E-state index in [0.29, 0.717) is 11.3 Å². The topological polar surface area (TPSA) is 44.1 Å². The van der Waals surface area contributed by atoms with Gasteiger partial charge in [-0.3, -0.25) is 4.79 Å². The molecule has 0 aliphatic heterocycles. The van der Waals surface area contributed by atoms with Gasteiger partial charge in [-0.25, -0.2) is 13.8 Å². The van der Waals surface area contributed by atoms with Crippen molar-refractivity contribution in [3.63, 3.8) is 0 Å². The van der Waals surface area contributed by atoms with Gasteiger partial charge in [0.25, 0.3) is 0 Å². The Hall–Kier alpha value is -3.28. The third-order valence-electron chi connectivity index (χ3n) is 3.62. The smallest absolute Gasteiger partial charge is 0.185 e. The van der Waals surface area contributed by atoms with Crippen molar-refractivity contribution in [3.05, 3.63) is 84.0 Å². The van der Waals surface area contributed by atoms with Gasteiger partial charge >= 0.3 is 0 Å². The fraction of sp³-hybridized carbons (Fsp3) is 0.0526. The van der Waals surface area contributed by atoms with Gasteiger partial charge < -0.3 is 9.30 Å². The standard InChI is InChI=1S/C19H14F2N2O2/c1-25-19-7-4-14(11-16(19)21)18(24)6-3-13-2-5-17(15(20)10-13)23-9-8-22-12-23/h2-12H,1H3. The van der Waals surface area contributed by atoms with Crippen molar-refractivity contribution < 1.29 is 18.3 Å². The maximum absolute atomic E-state index is 14.2. The monoisotopic (exact) mass is 340 g/mol. The zero-order valence-corrected chi connectivity index (χ0v) is 13.3. The summed E-state index contributed by atoms with van der Waals surface area (Å²) >= 11 is 0. The van der Waals surface area contributed by atoms with Crippen LogP contribution in [0.4, 0.5) is 8.78 Å². The van der Waals surface area contributed by atoms with E-state index in [4.69, 9.17) is 4.74 Å². The summed E-state index contributed by atoms with van der Waals surface area (Å²) in [5.74, 6) is -1.38. The van der Waals surface area contributed by atoms with Crippen LogP contribution in [0, 0.1) is 11.6 Å². The fourth-order valence-electron chi connectivity index (χ4n) is 2.33. The molecule has 1 heterocycles. The summed E-state index contributed by atoms with van der Waals surface area (Å²) in [5.41, 5.74) is 1.06. The fourth-order valence-corrected chi connectivity index (χ4v) is 2.33. The molecule has 0 aliphatic carbocycles. The van der Waals surface area contributed by atoms with Crippen molar-refractivity contribution in [3.8, 4) is 11.4 Å². The van der Waals surface area contributed by atoms with Crippen LogP contribution in [0.3, 0.4) is 0 Å². The van der Waals surface area contributed by atoms with Crippen LogP contribution >= 0.6 is 0 Å². The van der Waals surface area contributed by atoms with Crippen LogP contribution in [-0.2, 0) is 0 Å². The first kappa shape index (κ1) is 16.6. The normalized spacial score (nSPS) is 11.0. The van der Waals surface area contributed by atoms with E-state index < -0.39 is 11.6 Å². The molecule has 3 aromatic rings. The van der Waals surface area contributed by atoms with Crippen LogP contribution in [-0.4, -0.2) is 22.4 Å². The SMILES string of the molecule is COc1ccc(C(=O)C=Cc2ccc(-n3ccnc3)c(F)c2)cc1F. The number of aromatic nitrogens is 2. The molecule has 0 fully saturated rings. The lowest BCUT2D eigenvalue weighted by molar-refractivity contribution is 0.104. The molecule has 0 saturated heterocycles. The molecule has 25 heavy (non-hydrogen) atoms. The number of rotatable bonds is 5. The van der Waals surface area contributed by atoms with Crippen LogP contribution in [0.5, 0.6) is 5.75 Å². The molecule has 0 bridgehead atoms. The summed E-state index contributed by atoms with van der Waals surface area (Å²) in [6.07, 6.45) is 7.43. The summed E-state index contributed by atoms with van der Waals surface area (Å²) in [5, 5.41) is 0. The Bertz CT molecular complexity index is 935. The van der Waals surface area contributed by atoms with E-state index in [0.717, 1.165) is 6.07 Å². The largest absolute Gasteiger partial charge is 0.494 e. The van der Waals surface area contributed by atoms with Crippen LogP contribution in [0.15, 0.2) is 61.2 Å². The third-order valence-corrected chi connectivity index (χ3v) is 3.62. The van der Waals surface area contributed by atoms with Crippen molar-refractivity contribution in [2.24, 2.45) is 0 Å². The second-order valence-corrected chi connectivity index (χ2v) is 5.23. The summed E-state index contributed by atoms with van der Waals surface area (Å²) in [7, 11) is 1.35. The van der Waals surface area contributed by atoms with Crippen molar-refractivity contribution in [2.45, 2.75) is 0 Å². The number of methoxy groups -OCH3 is 1. The first-order chi connectivity index (χ1) is 12.1. The molecule has 0 saturated carbocycles. The minimum atomic E-state index is -0.613. The molecule has 0 spiro atoms. The van der Waals surface area contributed by atoms with Gasteiger partial charge in [-0.1, -0.05) is 12.1 Å². The summed E-state index contributed by atoms with van der Waals surface area (Å²) in [4.78, 5) is 16.0. The number of imidazole rings is 1. The molecule has 0 aliphatic rings. The van der Waals surface area contributed by atoms with Gasteiger partial charge in [0.05, 0.1) is 19.1 Å². The molecule has 0 unspecified atom stereocenters. The van der Waals surface area contributed by atoms with E-state index in [1.165, 1.54) is 43.8 Å². The summed E-state index contributed by atoms with van der Waals surface area (Å²) in [6.45, 7) is 0. The van der Waals surface area contributed by atoms with E-state index in [-0.39, 0.29) is 17.1 Å². The molecule has 3 rings (SSSR count). The molecule has 6 heteroatoms. The van der Waals surface area contributed by atoms with Crippen molar-refractivity contribution in [1.82, 2.24) is 9.55 Å². The Morgan fingerprint density at radius 2 is 2.00 bits per heavy atom. The Labute approximate surface area is 143 Å². The van der Waals surface area contributed by atoms with E-state index in [1.54, 1.807) is 29.1 Å². The molecule has 2 aromatic carbocycles. The predicted octanol–water partition coefficient (Wildman–Crippen LogP) is 4.06. The Morgan fingerprint density at radius 3 is 2.64 bits per heavy atom. The number of benzene rings is 2. The zero-order valence-electron chi connectivity index (χ0n) is 13.3. The Morgan fingerprint density at radius 1 is 1.16 bits per heavy atom. The van der Waals surface area contributed by atoms with Crippen LogP contribution in [0.25, 0.3) is 11.8 Å². The minimum Gasteiger partial charge on any atom is -0.494 e. The van der Waals surface area contributed by atoms with Crippen LogP contribution < -0.4 is 4.74 Å². The van der Waals surface area contributed by atoms with Gasteiger partial charge in [0, 0.05) is 18.0 Å². The molecular formula is C19H14F2N2O2. The average Bonchev–Trinajstić information content (AvgIpc) is 3.14. The van der Waals surface area contributed by atoms with Gasteiger partial charge in [-0.05, 0) is 42.0 Å². The lowest BCUT2D eigenvalue weighted by atomic mass is 10.1. The third kappa shape index (κ3) is 3.63. The lowest BCUT2D eigenvalue weighted by Crippen LogP contribution is -1.97. The highest BCUT2D eigenvalue weighted by atomic mass is 19.1. The second-order valence-electron chi connectivity index (χ2n) is 5.23. The van der Waals surface area contributed by atoms with E-state index in [2.05, 4.69) is 4.98 Å². The van der Waals surface area contributed by atoms with Crippen molar-refractivity contribution in [2.75, 3.05) is 7.11 Å². The molecule has 0 radical (unpaired) electrons. The van der Waals surface area contributed by atoms with Gasteiger partial charge in [0.2, 0.25) is 0 Å². The van der Waals surface area contributed by atoms with Gasteiger partial charge in [-0.15, -0.1) is 0 Å². The first-order valence-electron chi connectivity index (χ1n) is 7.42. The highest BCUT2D eigenvalue weighted by molar-refractivity contribution is 6.06. The predicted molar refractivity (Wildman–Crippen MR) is 89.8 cm³/mol. The molecule has 0 atom stereocenters. The highest BCUT2D eigenvalue weighted by Crippen LogP contribution is 2.19. The van der Waals surface area contributed by atoms with Gasteiger partial charge in [-0.2, -0.15) is 0 Å².